The molecule has 0 spiro atoms. The van der Waals surface area contributed by atoms with Gasteiger partial charge >= 0.3 is 13.8 Å². The number of aliphatic carboxylic acids is 1. The van der Waals surface area contributed by atoms with E-state index in [-0.39, 0.29) is 13.0 Å². The van der Waals surface area contributed by atoms with Crippen LogP contribution in [0.5, 0.6) is 0 Å². The number of unbranched alkanes of at least 4 members (excludes halogenated alkanes) is 8. The average molecular weight is 437 g/mol. The van der Waals surface area contributed by atoms with E-state index in [2.05, 4.69) is 19.1 Å². The van der Waals surface area contributed by atoms with Crippen molar-refractivity contribution in [3.63, 3.8) is 0 Å². The van der Waals surface area contributed by atoms with Crippen LogP contribution in [0.3, 0.4) is 0 Å². The molecule has 0 aliphatic heterocycles. The molecule has 29 heavy (non-hydrogen) atoms. The standard InChI is InChI=1S/C21H42NO6P/c1-5-6-7-8-9-10-11-12-13-14-15-16-17-27-29(25,26)28-20(18-21(23)24)19-22(2,3)4/h6-7,20H,5,8-19H2,1-4H3,(H-,23,24,25,26)/p+1/b7-6-/t20-/m1/s1. The number of quaternary nitrogens is 1. The van der Waals surface area contributed by atoms with Crippen LogP contribution in [0, 0.1) is 0 Å². The molecule has 8 heteroatoms. The number of phosphoric ester groups is 1. The maximum atomic E-state index is 12.1. The van der Waals surface area contributed by atoms with Gasteiger partial charge in [0.25, 0.3) is 0 Å². The first-order valence-corrected chi connectivity index (χ1v) is 12.4. The molecule has 0 saturated heterocycles. The second kappa shape index (κ2) is 16.0. The predicted octanol–water partition coefficient (Wildman–Crippen LogP) is 5.15. The Kier molecular flexibility index (Phi) is 15.6. The normalized spacial score (nSPS) is 15.5. The summed E-state index contributed by atoms with van der Waals surface area (Å²) in [5.74, 6) is -1.07. The SMILES string of the molecule is CC/C=C\CCCCCCCCCCOP(=O)(O)O[C@H](CC(=O)O)C[N+](C)(C)C. The minimum absolute atomic E-state index is 0.141. The highest BCUT2D eigenvalue weighted by molar-refractivity contribution is 7.47. The van der Waals surface area contributed by atoms with Gasteiger partial charge in [-0.2, -0.15) is 0 Å². The van der Waals surface area contributed by atoms with Gasteiger partial charge in [0, 0.05) is 0 Å². The van der Waals surface area contributed by atoms with Gasteiger partial charge in [-0.05, 0) is 25.7 Å². The van der Waals surface area contributed by atoms with Crippen LogP contribution >= 0.6 is 7.82 Å². The molecule has 0 amide bonds. The highest BCUT2D eigenvalue weighted by Gasteiger charge is 2.31. The van der Waals surface area contributed by atoms with Crippen molar-refractivity contribution in [3.05, 3.63) is 12.2 Å². The van der Waals surface area contributed by atoms with E-state index < -0.39 is 19.9 Å². The minimum atomic E-state index is -4.25. The van der Waals surface area contributed by atoms with Gasteiger partial charge in [-0.15, -0.1) is 0 Å². The summed E-state index contributed by atoms with van der Waals surface area (Å²) >= 11 is 0. The summed E-state index contributed by atoms with van der Waals surface area (Å²) in [5, 5.41) is 8.97. The smallest absolute Gasteiger partial charge is 0.472 e. The first-order valence-electron chi connectivity index (χ1n) is 10.9. The van der Waals surface area contributed by atoms with Gasteiger partial charge < -0.3 is 14.5 Å². The zero-order chi connectivity index (χ0) is 22.2. The quantitative estimate of drug-likeness (QED) is 0.126. The van der Waals surface area contributed by atoms with Crippen molar-refractivity contribution in [3.8, 4) is 0 Å². The summed E-state index contributed by atoms with van der Waals surface area (Å²) in [4.78, 5) is 20.8. The fourth-order valence-electron chi connectivity index (χ4n) is 3.05. The molecule has 1 unspecified atom stereocenters. The van der Waals surface area contributed by atoms with E-state index >= 15 is 0 Å². The fraction of sp³-hybridized carbons (Fsp3) is 0.857. The molecule has 0 aromatic rings. The molecule has 0 saturated carbocycles. The van der Waals surface area contributed by atoms with E-state index in [1.165, 1.54) is 38.5 Å². The predicted molar refractivity (Wildman–Crippen MR) is 117 cm³/mol. The Hall–Kier alpha value is -0.720. The molecule has 0 bridgehead atoms. The third-order valence-corrected chi connectivity index (χ3v) is 5.43. The maximum Gasteiger partial charge on any atom is 0.472 e. The topological polar surface area (TPSA) is 93.1 Å². The van der Waals surface area contributed by atoms with Crippen LogP contribution in [0.15, 0.2) is 12.2 Å². The second-order valence-electron chi connectivity index (χ2n) is 8.60. The molecule has 7 nitrogen and oxygen atoms in total. The Morgan fingerprint density at radius 2 is 1.55 bits per heavy atom. The van der Waals surface area contributed by atoms with Crippen molar-refractivity contribution in [2.24, 2.45) is 0 Å². The van der Waals surface area contributed by atoms with Crippen molar-refractivity contribution in [1.82, 2.24) is 0 Å². The van der Waals surface area contributed by atoms with Crippen LogP contribution in [-0.4, -0.2) is 60.9 Å². The summed E-state index contributed by atoms with van der Waals surface area (Å²) in [6.07, 6.45) is 14.4. The molecule has 0 aliphatic carbocycles. The van der Waals surface area contributed by atoms with Gasteiger partial charge in [-0.25, -0.2) is 4.57 Å². The number of hydrogen-bond acceptors (Lipinski definition) is 4. The van der Waals surface area contributed by atoms with E-state index in [0.29, 0.717) is 17.4 Å². The van der Waals surface area contributed by atoms with Crippen LogP contribution in [0.25, 0.3) is 0 Å². The molecule has 2 N–H and O–H groups in total. The van der Waals surface area contributed by atoms with Crippen molar-refractivity contribution in [2.45, 2.75) is 83.7 Å². The van der Waals surface area contributed by atoms with E-state index in [0.717, 1.165) is 19.3 Å². The van der Waals surface area contributed by atoms with Crippen LogP contribution in [-0.2, 0) is 18.4 Å². The van der Waals surface area contributed by atoms with E-state index in [4.69, 9.17) is 14.2 Å². The third-order valence-electron chi connectivity index (χ3n) is 4.36. The van der Waals surface area contributed by atoms with Crippen LogP contribution < -0.4 is 0 Å². The number of hydrogen-bond donors (Lipinski definition) is 2. The zero-order valence-electron chi connectivity index (χ0n) is 18.8. The van der Waals surface area contributed by atoms with Gasteiger partial charge in [0.2, 0.25) is 0 Å². The summed E-state index contributed by atoms with van der Waals surface area (Å²) in [5.41, 5.74) is 0. The van der Waals surface area contributed by atoms with Gasteiger partial charge in [0.15, 0.2) is 0 Å². The maximum absolute atomic E-state index is 12.1. The lowest BCUT2D eigenvalue weighted by atomic mass is 10.1. The largest absolute Gasteiger partial charge is 0.481 e. The summed E-state index contributed by atoms with van der Waals surface area (Å²) in [6.45, 7) is 2.59. The summed E-state index contributed by atoms with van der Waals surface area (Å²) in [7, 11) is 1.35. The Labute approximate surface area is 177 Å². The summed E-state index contributed by atoms with van der Waals surface area (Å²) < 4.78 is 22.7. The molecule has 0 fully saturated rings. The first kappa shape index (κ1) is 28.3. The number of rotatable bonds is 19. The number of allylic oxidation sites excluding steroid dienone is 2. The molecular weight excluding hydrogens is 393 g/mol. The van der Waals surface area contributed by atoms with E-state index in [1.807, 2.05) is 21.1 Å². The van der Waals surface area contributed by atoms with E-state index in [9.17, 15) is 14.3 Å². The van der Waals surface area contributed by atoms with Crippen molar-refractivity contribution in [2.75, 3.05) is 34.3 Å². The lowest BCUT2D eigenvalue weighted by Crippen LogP contribution is -2.42. The molecule has 0 aromatic carbocycles. The Morgan fingerprint density at radius 3 is 2.07 bits per heavy atom. The van der Waals surface area contributed by atoms with Gasteiger partial charge in [0.1, 0.15) is 12.6 Å². The first-order chi connectivity index (χ1) is 13.6. The summed E-state index contributed by atoms with van der Waals surface area (Å²) in [6, 6.07) is 0. The third kappa shape index (κ3) is 20.3. The van der Waals surface area contributed by atoms with Gasteiger partial charge in [-0.1, -0.05) is 57.6 Å². The molecule has 0 heterocycles. The molecule has 172 valence electrons. The van der Waals surface area contributed by atoms with E-state index in [1.54, 1.807) is 0 Å². The van der Waals surface area contributed by atoms with Gasteiger partial charge in [0.05, 0.1) is 34.2 Å². The Morgan fingerprint density at radius 1 is 1.00 bits per heavy atom. The highest BCUT2D eigenvalue weighted by atomic mass is 31.2. The Bertz CT molecular complexity index is 504. The molecular formula is C21H43NO6P+. The number of phosphoric acid groups is 1. The number of carboxylic acid groups (broad SMARTS) is 1. The van der Waals surface area contributed by atoms with Crippen LogP contribution in [0.2, 0.25) is 0 Å². The van der Waals surface area contributed by atoms with Crippen LogP contribution in [0.1, 0.15) is 77.6 Å². The zero-order valence-corrected chi connectivity index (χ0v) is 19.7. The lowest BCUT2D eigenvalue weighted by Gasteiger charge is -2.29. The number of nitrogens with zero attached hydrogens (tertiary/aromatic N) is 1. The molecule has 0 aromatic heterocycles. The fourth-order valence-corrected chi connectivity index (χ4v) is 3.99. The highest BCUT2D eigenvalue weighted by Crippen LogP contribution is 2.45. The average Bonchev–Trinajstić information content (AvgIpc) is 2.56. The number of likely N-dealkylation sites (N-methyl/N-ethyl adjacent to an activating group) is 1. The van der Waals surface area contributed by atoms with Gasteiger partial charge in [-0.3, -0.25) is 13.8 Å². The van der Waals surface area contributed by atoms with Crippen molar-refractivity contribution in [1.29, 1.82) is 0 Å². The molecule has 0 radical (unpaired) electrons. The van der Waals surface area contributed by atoms with Crippen molar-refractivity contribution < 1.29 is 32.9 Å². The van der Waals surface area contributed by atoms with Crippen LogP contribution in [0.4, 0.5) is 0 Å². The monoisotopic (exact) mass is 436 g/mol. The lowest BCUT2D eigenvalue weighted by molar-refractivity contribution is -0.873. The Balaban J connectivity index is 3.86. The molecule has 0 aliphatic rings. The molecule has 2 atom stereocenters. The second-order valence-corrected chi connectivity index (χ2v) is 10.0. The van der Waals surface area contributed by atoms with Crippen molar-refractivity contribution >= 4 is 13.8 Å². The minimum Gasteiger partial charge on any atom is -0.481 e. The molecule has 0 rings (SSSR count). The number of carbonyl (C=O) groups is 1. The number of carboxylic acids is 1.